The molecule has 23 heavy (non-hydrogen) atoms. The van der Waals surface area contributed by atoms with E-state index in [9.17, 15) is 9.59 Å². The van der Waals surface area contributed by atoms with E-state index in [1.54, 1.807) is 18.2 Å². The quantitative estimate of drug-likeness (QED) is 0.385. The largest absolute Gasteiger partial charge is 0.274 e. The number of rotatable bonds is 9. The van der Waals surface area contributed by atoms with Gasteiger partial charge in [0, 0.05) is 12.1 Å². The van der Waals surface area contributed by atoms with Gasteiger partial charge in [-0.05, 0) is 24.6 Å². The Bertz CT molecular complexity index is 613. The molecule has 0 radical (unpaired) electrons. The van der Waals surface area contributed by atoms with Gasteiger partial charge in [0.15, 0.2) is 0 Å². The van der Waals surface area contributed by atoms with Crippen molar-refractivity contribution >= 4 is 11.8 Å². The first-order valence-electron chi connectivity index (χ1n) is 8.66. The van der Waals surface area contributed by atoms with Gasteiger partial charge in [0.1, 0.15) is 0 Å². The maximum atomic E-state index is 12.3. The van der Waals surface area contributed by atoms with Gasteiger partial charge in [-0.15, -0.1) is 6.42 Å². The lowest BCUT2D eigenvalue weighted by Gasteiger charge is -2.13. The number of terminal acetylenes is 1. The van der Waals surface area contributed by atoms with Crippen LogP contribution in [-0.4, -0.2) is 23.3 Å². The van der Waals surface area contributed by atoms with Gasteiger partial charge in [0.2, 0.25) is 0 Å². The molecule has 0 atom stereocenters. The molecule has 0 fully saturated rings. The molecule has 1 aliphatic rings. The molecule has 1 aromatic carbocycles. The van der Waals surface area contributed by atoms with E-state index in [0.717, 1.165) is 12.8 Å². The lowest BCUT2D eigenvalue weighted by Crippen LogP contribution is -2.30. The van der Waals surface area contributed by atoms with Crippen LogP contribution in [-0.2, 0) is 0 Å². The van der Waals surface area contributed by atoms with Crippen LogP contribution in [0.5, 0.6) is 0 Å². The van der Waals surface area contributed by atoms with E-state index >= 15 is 0 Å². The highest BCUT2D eigenvalue weighted by molar-refractivity contribution is 6.21. The van der Waals surface area contributed by atoms with Crippen LogP contribution in [0.1, 0.15) is 84.6 Å². The van der Waals surface area contributed by atoms with Gasteiger partial charge in [-0.3, -0.25) is 14.5 Å². The highest BCUT2D eigenvalue weighted by Gasteiger charge is 2.34. The number of hydrogen-bond donors (Lipinski definition) is 0. The first-order valence-corrected chi connectivity index (χ1v) is 8.66. The van der Waals surface area contributed by atoms with E-state index in [1.807, 2.05) is 0 Å². The predicted octanol–water partition coefficient (Wildman–Crippen LogP) is 4.40. The maximum absolute atomic E-state index is 12.3. The number of nitrogens with zero attached hydrogens (tertiary/aromatic N) is 1. The molecule has 0 unspecified atom stereocenters. The summed E-state index contributed by atoms with van der Waals surface area (Å²) in [6.07, 6.45) is 14.9. The first-order chi connectivity index (χ1) is 11.2. The molecule has 0 bridgehead atoms. The fourth-order valence-electron chi connectivity index (χ4n) is 2.99. The summed E-state index contributed by atoms with van der Waals surface area (Å²) >= 11 is 0. The number of carbonyl (C=O) groups excluding carboxylic acids is 2. The van der Waals surface area contributed by atoms with Crippen LogP contribution in [0.15, 0.2) is 18.2 Å². The topological polar surface area (TPSA) is 37.4 Å². The molecule has 2 rings (SSSR count). The Labute approximate surface area is 139 Å². The summed E-state index contributed by atoms with van der Waals surface area (Å²) in [5.41, 5.74) is 1.57. The van der Waals surface area contributed by atoms with Crippen molar-refractivity contribution in [3.05, 3.63) is 34.9 Å². The van der Waals surface area contributed by atoms with Gasteiger partial charge < -0.3 is 0 Å². The fourth-order valence-corrected chi connectivity index (χ4v) is 2.99. The monoisotopic (exact) mass is 311 g/mol. The summed E-state index contributed by atoms with van der Waals surface area (Å²) in [5, 5.41) is 0. The van der Waals surface area contributed by atoms with Gasteiger partial charge in [-0.25, -0.2) is 0 Å². The van der Waals surface area contributed by atoms with E-state index in [0.29, 0.717) is 23.2 Å². The average molecular weight is 311 g/mol. The summed E-state index contributed by atoms with van der Waals surface area (Å²) in [5.74, 6) is 2.12. The second-order valence-corrected chi connectivity index (χ2v) is 6.14. The van der Waals surface area contributed by atoms with Gasteiger partial charge in [0.05, 0.1) is 11.1 Å². The van der Waals surface area contributed by atoms with Gasteiger partial charge in [-0.1, -0.05) is 57.8 Å². The molecule has 0 saturated carbocycles. The molecule has 3 nitrogen and oxygen atoms in total. The number of benzene rings is 1. The third-order valence-corrected chi connectivity index (χ3v) is 4.37. The molecule has 1 aromatic rings. The zero-order valence-corrected chi connectivity index (χ0v) is 13.9. The van der Waals surface area contributed by atoms with E-state index in [-0.39, 0.29) is 11.8 Å². The first kappa shape index (κ1) is 17.3. The number of unbranched alkanes of at least 4 members (excludes halogenated alkanes) is 7. The van der Waals surface area contributed by atoms with Crippen molar-refractivity contribution in [1.29, 1.82) is 0 Å². The Balaban J connectivity index is 1.78. The molecule has 3 heteroatoms. The molecule has 122 valence electrons. The standard InChI is InChI=1S/C20H25NO2/c1-3-5-6-7-8-9-10-11-14-21-19(22)17-13-12-16(4-2)15-18(17)20(21)23/h2,12-13,15H,3,5-11,14H2,1H3. The Hall–Kier alpha value is -2.08. The Morgan fingerprint density at radius 2 is 1.52 bits per heavy atom. The smallest absolute Gasteiger partial charge is 0.261 e. The van der Waals surface area contributed by atoms with Crippen LogP contribution in [0.4, 0.5) is 0 Å². The van der Waals surface area contributed by atoms with Crippen molar-refractivity contribution < 1.29 is 9.59 Å². The van der Waals surface area contributed by atoms with Crippen LogP contribution < -0.4 is 0 Å². The number of hydrogen-bond acceptors (Lipinski definition) is 2. The van der Waals surface area contributed by atoms with Crippen LogP contribution in [0.3, 0.4) is 0 Å². The van der Waals surface area contributed by atoms with Crippen molar-refractivity contribution in [2.45, 2.75) is 58.3 Å². The van der Waals surface area contributed by atoms with Gasteiger partial charge in [0.25, 0.3) is 11.8 Å². The summed E-state index contributed by atoms with van der Waals surface area (Å²) in [4.78, 5) is 26.0. The van der Waals surface area contributed by atoms with Crippen LogP contribution in [0.25, 0.3) is 0 Å². The lowest BCUT2D eigenvalue weighted by molar-refractivity contribution is 0.0651. The lowest BCUT2D eigenvalue weighted by atomic mass is 10.1. The van der Waals surface area contributed by atoms with Gasteiger partial charge in [-0.2, -0.15) is 0 Å². The number of carbonyl (C=O) groups is 2. The molecule has 0 aromatic heterocycles. The third-order valence-electron chi connectivity index (χ3n) is 4.37. The van der Waals surface area contributed by atoms with Crippen molar-refractivity contribution in [1.82, 2.24) is 4.90 Å². The molecule has 1 heterocycles. The normalized spacial score (nSPS) is 13.3. The van der Waals surface area contributed by atoms with E-state index in [4.69, 9.17) is 6.42 Å². The molecule has 0 N–H and O–H groups in total. The maximum Gasteiger partial charge on any atom is 0.261 e. The third kappa shape index (κ3) is 4.22. The second-order valence-electron chi connectivity index (χ2n) is 6.14. The minimum Gasteiger partial charge on any atom is -0.274 e. The SMILES string of the molecule is C#Cc1ccc2c(c1)C(=O)N(CCCCCCCCCC)C2=O. The minimum absolute atomic E-state index is 0.184. The van der Waals surface area contributed by atoms with E-state index < -0.39 is 0 Å². The average Bonchev–Trinajstić information content (AvgIpc) is 2.81. The molecular formula is C20H25NO2. The van der Waals surface area contributed by atoms with E-state index in [1.165, 1.54) is 43.4 Å². The Kier molecular flexibility index (Phi) is 6.40. The van der Waals surface area contributed by atoms with Crippen LogP contribution >= 0.6 is 0 Å². The molecule has 1 aliphatic heterocycles. The zero-order chi connectivity index (χ0) is 16.7. The van der Waals surface area contributed by atoms with Crippen molar-refractivity contribution in [2.75, 3.05) is 6.54 Å². The summed E-state index contributed by atoms with van der Waals surface area (Å²) in [6.45, 7) is 2.72. The molecular weight excluding hydrogens is 286 g/mol. The predicted molar refractivity (Wildman–Crippen MR) is 92.4 cm³/mol. The van der Waals surface area contributed by atoms with Crippen molar-refractivity contribution in [2.24, 2.45) is 0 Å². The van der Waals surface area contributed by atoms with Crippen molar-refractivity contribution in [3.63, 3.8) is 0 Å². The van der Waals surface area contributed by atoms with Crippen molar-refractivity contribution in [3.8, 4) is 12.3 Å². The summed E-state index contributed by atoms with van der Waals surface area (Å²) < 4.78 is 0. The number of amides is 2. The molecule has 0 saturated heterocycles. The minimum atomic E-state index is -0.204. The highest BCUT2D eigenvalue weighted by Crippen LogP contribution is 2.24. The Morgan fingerprint density at radius 3 is 2.17 bits per heavy atom. The zero-order valence-electron chi connectivity index (χ0n) is 13.9. The van der Waals surface area contributed by atoms with Crippen LogP contribution in [0, 0.1) is 12.3 Å². The number of fused-ring (bicyclic) bond motifs is 1. The highest BCUT2D eigenvalue weighted by atomic mass is 16.2. The van der Waals surface area contributed by atoms with Gasteiger partial charge >= 0.3 is 0 Å². The summed E-state index contributed by atoms with van der Waals surface area (Å²) in [7, 11) is 0. The second kappa shape index (κ2) is 8.53. The molecule has 0 aliphatic carbocycles. The molecule has 0 spiro atoms. The summed E-state index contributed by atoms with van der Waals surface area (Å²) in [6, 6.07) is 5.02. The fraction of sp³-hybridized carbons (Fsp3) is 0.500. The Morgan fingerprint density at radius 1 is 0.913 bits per heavy atom. The van der Waals surface area contributed by atoms with E-state index in [2.05, 4.69) is 12.8 Å². The molecule has 2 amide bonds. The van der Waals surface area contributed by atoms with Crippen LogP contribution in [0.2, 0.25) is 0 Å². The number of imide groups is 1.